The van der Waals surface area contributed by atoms with E-state index in [0.29, 0.717) is 24.3 Å². The minimum atomic E-state index is -3.66. The molecule has 0 aliphatic heterocycles. The summed E-state index contributed by atoms with van der Waals surface area (Å²) in [6, 6.07) is 12.0. The molecule has 2 atom stereocenters. The van der Waals surface area contributed by atoms with Crippen LogP contribution in [-0.4, -0.2) is 42.5 Å². The first kappa shape index (κ1) is 22.0. The molecule has 9 heteroatoms. The number of hydrogen-bond acceptors (Lipinski definition) is 5. The summed E-state index contributed by atoms with van der Waals surface area (Å²) in [6.07, 6.45) is 2.75. The Bertz CT molecular complexity index is 1220. The van der Waals surface area contributed by atoms with E-state index in [2.05, 4.69) is 10.4 Å². The van der Waals surface area contributed by atoms with Gasteiger partial charge in [0.25, 0.3) is 0 Å². The van der Waals surface area contributed by atoms with Gasteiger partial charge in [0.1, 0.15) is 5.82 Å². The fourth-order valence-electron chi connectivity index (χ4n) is 3.75. The number of ether oxygens (including phenoxy) is 1. The second-order valence-corrected chi connectivity index (χ2v) is 10.1. The van der Waals surface area contributed by atoms with E-state index in [-0.39, 0.29) is 17.2 Å². The molecule has 1 aliphatic carbocycles. The number of benzene rings is 2. The van der Waals surface area contributed by atoms with Crippen LogP contribution in [0, 0.1) is 12.7 Å². The van der Waals surface area contributed by atoms with Crippen LogP contribution in [0.4, 0.5) is 4.39 Å². The van der Waals surface area contributed by atoms with E-state index in [9.17, 15) is 17.6 Å². The van der Waals surface area contributed by atoms with Gasteiger partial charge >= 0.3 is 0 Å². The van der Waals surface area contributed by atoms with Crippen LogP contribution in [0.25, 0.3) is 5.69 Å². The highest BCUT2D eigenvalue weighted by atomic mass is 32.2. The topological polar surface area (TPSA) is 90.3 Å². The van der Waals surface area contributed by atoms with E-state index >= 15 is 0 Å². The molecule has 1 saturated carbocycles. The van der Waals surface area contributed by atoms with Gasteiger partial charge in [0, 0.05) is 17.8 Å². The zero-order chi connectivity index (χ0) is 22.9. The van der Waals surface area contributed by atoms with Gasteiger partial charge in [-0.25, -0.2) is 17.5 Å². The molecule has 2 aromatic carbocycles. The summed E-state index contributed by atoms with van der Waals surface area (Å²) in [6.45, 7) is 1.99. The molecule has 1 aromatic heterocycles. The summed E-state index contributed by atoms with van der Waals surface area (Å²) in [4.78, 5) is 12.7. The maximum absolute atomic E-state index is 13.1. The van der Waals surface area contributed by atoms with E-state index in [4.69, 9.17) is 4.74 Å². The minimum Gasteiger partial charge on any atom is -0.480 e. The van der Waals surface area contributed by atoms with Crippen LogP contribution in [0.2, 0.25) is 0 Å². The van der Waals surface area contributed by atoms with Crippen LogP contribution in [0.1, 0.15) is 24.0 Å². The van der Waals surface area contributed by atoms with Gasteiger partial charge in [-0.2, -0.15) is 0 Å². The Kier molecular flexibility index (Phi) is 6.01. The normalized spacial score (nSPS) is 18.1. The lowest BCUT2D eigenvalue weighted by Crippen LogP contribution is -2.54. The van der Waals surface area contributed by atoms with Gasteiger partial charge in [0.15, 0.2) is 9.84 Å². The number of carbonyl (C=O) groups is 1. The Balaban J connectivity index is 1.45. The van der Waals surface area contributed by atoms with Gasteiger partial charge in [-0.05, 0) is 56.2 Å². The van der Waals surface area contributed by atoms with Crippen molar-refractivity contribution in [3.05, 3.63) is 71.7 Å². The molecule has 3 aromatic rings. The zero-order valence-electron chi connectivity index (χ0n) is 17.8. The highest BCUT2D eigenvalue weighted by molar-refractivity contribution is 7.92. The number of methoxy groups -OCH3 is 1. The van der Waals surface area contributed by atoms with Crippen molar-refractivity contribution in [1.29, 1.82) is 0 Å². The lowest BCUT2D eigenvalue weighted by atomic mass is 9.92. The molecule has 1 N–H and O–H groups in total. The number of hydrogen-bond donors (Lipinski definition) is 1. The smallest absolute Gasteiger partial charge is 0.236 e. The summed E-state index contributed by atoms with van der Waals surface area (Å²) in [5.41, 5.74) is 2.56. The third kappa shape index (κ3) is 4.38. The first-order valence-corrected chi connectivity index (χ1v) is 11.8. The summed E-state index contributed by atoms with van der Waals surface area (Å²) in [7, 11) is -2.17. The van der Waals surface area contributed by atoms with Crippen LogP contribution in [0.15, 0.2) is 59.6 Å². The fourth-order valence-corrected chi connectivity index (χ4v) is 5.70. The standard InChI is InChI=1S/C23H24FN3O4S/c1-15-3-7-18(8-4-15)27-14-16(23(26-27)31-2)13-22(28)25-20-11-12-21(20)32(29,30)19-9-5-17(24)6-10-19/h3-10,14,20-21H,11-13H2,1-2H3,(H,25,28)/t20-,21+/m1/s1. The summed E-state index contributed by atoms with van der Waals surface area (Å²) >= 11 is 0. The Morgan fingerprint density at radius 3 is 2.44 bits per heavy atom. The van der Waals surface area contributed by atoms with Gasteiger partial charge in [0.05, 0.1) is 29.4 Å². The number of halogens is 1. The molecule has 0 bridgehead atoms. The number of sulfone groups is 1. The molecule has 4 rings (SSSR count). The van der Waals surface area contributed by atoms with Crippen LogP contribution in [0.5, 0.6) is 5.88 Å². The van der Waals surface area contributed by atoms with Crippen LogP contribution >= 0.6 is 0 Å². The number of amides is 1. The molecule has 0 saturated heterocycles. The number of aryl methyl sites for hydroxylation is 1. The molecule has 32 heavy (non-hydrogen) atoms. The fraction of sp³-hybridized carbons (Fsp3) is 0.304. The monoisotopic (exact) mass is 457 g/mol. The largest absolute Gasteiger partial charge is 0.480 e. The number of nitrogens with one attached hydrogen (secondary N) is 1. The average Bonchev–Trinajstić information content (AvgIpc) is 3.14. The molecule has 1 amide bonds. The molecular formula is C23H24FN3O4S. The van der Waals surface area contributed by atoms with E-state index in [1.54, 1.807) is 10.9 Å². The van der Waals surface area contributed by atoms with E-state index in [1.165, 1.54) is 19.2 Å². The number of aromatic nitrogens is 2. The van der Waals surface area contributed by atoms with E-state index in [1.807, 2.05) is 31.2 Å². The number of nitrogens with zero attached hydrogens (tertiary/aromatic N) is 2. The molecule has 0 radical (unpaired) electrons. The molecule has 7 nitrogen and oxygen atoms in total. The van der Waals surface area contributed by atoms with Gasteiger partial charge in [-0.15, -0.1) is 5.10 Å². The van der Waals surface area contributed by atoms with Crippen molar-refractivity contribution in [1.82, 2.24) is 15.1 Å². The Morgan fingerprint density at radius 1 is 1.16 bits per heavy atom. The van der Waals surface area contributed by atoms with Crippen molar-refractivity contribution < 1.29 is 22.3 Å². The molecular weight excluding hydrogens is 433 g/mol. The van der Waals surface area contributed by atoms with E-state index in [0.717, 1.165) is 23.4 Å². The average molecular weight is 458 g/mol. The maximum Gasteiger partial charge on any atom is 0.236 e. The van der Waals surface area contributed by atoms with E-state index < -0.39 is 26.9 Å². The lowest BCUT2D eigenvalue weighted by Gasteiger charge is -2.36. The molecule has 0 spiro atoms. The van der Waals surface area contributed by atoms with Crippen molar-refractivity contribution in [3.63, 3.8) is 0 Å². The van der Waals surface area contributed by atoms with Crippen molar-refractivity contribution >= 4 is 15.7 Å². The van der Waals surface area contributed by atoms with Crippen molar-refractivity contribution in [3.8, 4) is 11.6 Å². The van der Waals surface area contributed by atoms with Crippen LogP contribution in [-0.2, 0) is 21.1 Å². The van der Waals surface area contributed by atoms with Gasteiger partial charge in [-0.1, -0.05) is 17.7 Å². The first-order valence-electron chi connectivity index (χ1n) is 10.3. The lowest BCUT2D eigenvalue weighted by molar-refractivity contribution is -0.121. The number of carbonyl (C=O) groups excluding carboxylic acids is 1. The molecule has 168 valence electrons. The summed E-state index contributed by atoms with van der Waals surface area (Å²) in [5, 5.41) is 6.48. The third-order valence-corrected chi connectivity index (χ3v) is 7.98. The minimum absolute atomic E-state index is 0.00878. The zero-order valence-corrected chi connectivity index (χ0v) is 18.6. The quantitative estimate of drug-likeness (QED) is 0.551. The molecule has 1 aliphatic rings. The first-order chi connectivity index (χ1) is 15.3. The Hall–Kier alpha value is -3.20. The third-order valence-electron chi connectivity index (χ3n) is 5.69. The predicted octanol–water partition coefficient (Wildman–Crippen LogP) is 2.99. The molecule has 1 heterocycles. The summed E-state index contributed by atoms with van der Waals surface area (Å²) in [5.74, 6) is -0.469. The van der Waals surface area contributed by atoms with Crippen molar-refractivity contribution in [2.24, 2.45) is 0 Å². The van der Waals surface area contributed by atoms with Crippen molar-refractivity contribution in [2.75, 3.05) is 7.11 Å². The number of rotatable bonds is 7. The van der Waals surface area contributed by atoms with Gasteiger partial charge in [0.2, 0.25) is 11.8 Å². The SMILES string of the molecule is COc1nn(-c2ccc(C)cc2)cc1CC(=O)N[C@@H]1CC[C@@H]1S(=O)(=O)c1ccc(F)cc1. The predicted molar refractivity (Wildman–Crippen MR) is 117 cm³/mol. The summed E-state index contributed by atoms with van der Waals surface area (Å²) < 4.78 is 45.8. The van der Waals surface area contributed by atoms with Gasteiger partial charge in [-0.3, -0.25) is 4.79 Å². The Labute approximate surface area is 186 Å². The highest BCUT2D eigenvalue weighted by Crippen LogP contribution is 2.32. The van der Waals surface area contributed by atoms with Crippen LogP contribution in [0.3, 0.4) is 0 Å². The Morgan fingerprint density at radius 2 is 1.84 bits per heavy atom. The van der Waals surface area contributed by atoms with Crippen LogP contribution < -0.4 is 10.1 Å². The second kappa shape index (κ2) is 8.74. The second-order valence-electron chi connectivity index (χ2n) is 7.91. The van der Waals surface area contributed by atoms with Gasteiger partial charge < -0.3 is 10.1 Å². The van der Waals surface area contributed by atoms with Crippen molar-refractivity contribution in [2.45, 2.75) is 42.4 Å². The molecule has 0 unspecified atom stereocenters. The maximum atomic E-state index is 13.1. The molecule has 1 fully saturated rings. The highest BCUT2D eigenvalue weighted by Gasteiger charge is 2.42.